The molecule has 1 aliphatic rings. The maximum absolute atomic E-state index is 6.19. The summed E-state index contributed by atoms with van der Waals surface area (Å²) >= 11 is 1.91. The lowest BCUT2D eigenvalue weighted by atomic mass is 10.0. The Labute approximate surface area is 137 Å². The Balaban J connectivity index is 1.58. The van der Waals surface area contributed by atoms with Gasteiger partial charge in [0.1, 0.15) is 11.9 Å². The van der Waals surface area contributed by atoms with Gasteiger partial charge in [0.15, 0.2) is 0 Å². The van der Waals surface area contributed by atoms with E-state index in [1.807, 2.05) is 11.8 Å². The zero-order chi connectivity index (χ0) is 15.4. The van der Waals surface area contributed by atoms with E-state index in [1.54, 1.807) is 0 Å². The monoisotopic (exact) mass is 313 g/mol. The van der Waals surface area contributed by atoms with Crippen LogP contribution < -0.4 is 10.5 Å². The Morgan fingerprint density at radius 1 is 1.23 bits per heavy atom. The molecular formula is C19H23NOS. The van der Waals surface area contributed by atoms with Crippen molar-refractivity contribution in [3.8, 4) is 5.75 Å². The molecule has 0 fully saturated rings. The summed E-state index contributed by atoms with van der Waals surface area (Å²) in [6, 6.07) is 17.1. The van der Waals surface area contributed by atoms with E-state index < -0.39 is 0 Å². The molecule has 0 unspecified atom stereocenters. The quantitative estimate of drug-likeness (QED) is 0.821. The highest BCUT2D eigenvalue weighted by Crippen LogP contribution is 2.34. The summed E-state index contributed by atoms with van der Waals surface area (Å²) in [6.45, 7) is 2.97. The minimum atomic E-state index is 0.291. The molecule has 0 spiro atoms. The average Bonchev–Trinajstić information content (AvgIpc) is 2.97. The van der Waals surface area contributed by atoms with Gasteiger partial charge in [-0.05, 0) is 42.3 Å². The Hall–Kier alpha value is -1.45. The van der Waals surface area contributed by atoms with Crippen LogP contribution in [0.2, 0.25) is 0 Å². The fourth-order valence-corrected chi connectivity index (χ4v) is 3.81. The van der Waals surface area contributed by atoms with Crippen molar-refractivity contribution in [3.63, 3.8) is 0 Å². The molecule has 3 heteroatoms. The van der Waals surface area contributed by atoms with Crippen molar-refractivity contribution in [2.45, 2.75) is 30.8 Å². The SMILES string of the molecule is C[C@@H](CSc1ccccc1)[C@H]1Cc2ccc(CCN)cc2O1. The van der Waals surface area contributed by atoms with Crippen molar-refractivity contribution in [1.82, 2.24) is 0 Å². The maximum atomic E-state index is 6.19. The number of rotatable bonds is 6. The Morgan fingerprint density at radius 3 is 2.82 bits per heavy atom. The summed E-state index contributed by atoms with van der Waals surface area (Å²) in [5, 5.41) is 0. The van der Waals surface area contributed by atoms with E-state index in [0.717, 1.165) is 24.3 Å². The van der Waals surface area contributed by atoms with Crippen LogP contribution >= 0.6 is 11.8 Å². The highest BCUT2D eigenvalue weighted by molar-refractivity contribution is 7.99. The van der Waals surface area contributed by atoms with Crippen molar-refractivity contribution < 1.29 is 4.74 Å². The van der Waals surface area contributed by atoms with Crippen LogP contribution in [-0.4, -0.2) is 18.4 Å². The smallest absolute Gasteiger partial charge is 0.123 e. The first-order chi connectivity index (χ1) is 10.8. The van der Waals surface area contributed by atoms with Gasteiger partial charge in [-0.25, -0.2) is 0 Å². The largest absolute Gasteiger partial charge is 0.489 e. The van der Waals surface area contributed by atoms with Crippen LogP contribution in [-0.2, 0) is 12.8 Å². The van der Waals surface area contributed by atoms with Gasteiger partial charge in [-0.15, -0.1) is 11.8 Å². The van der Waals surface area contributed by atoms with E-state index in [4.69, 9.17) is 10.5 Å². The molecule has 2 aromatic rings. The highest BCUT2D eigenvalue weighted by Gasteiger charge is 2.27. The molecule has 0 amide bonds. The molecule has 0 aromatic heterocycles. The van der Waals surface area contributed by atoms with Crippen molar-refractivity contribution in [3.05, 3.63) is 59.7 Å². The number of hydrogen-bond donors (Lipinski definition) is 1. The van der Waals surface area contributed by atoms with E-state index in [-0.39, 0.29) is 0 Å². The molecule has 0 saturated heterocycles. The van der Waals surface area contributed by atoms with Crippen LogP contribution in [0.4, 0.5) is 0 Å². The summed E-state index contributed by atoms with van der Waals surface area (Å²) in [6.07, 6.45) is 2.23. The molecular weight excluding hydrogens is 290 g/mol. The molecule has 0 saturated carbocycles. The Bertz CT molecular complexity index is 614. The zero-order valence-electron chi connectivity index (χ0n) is 13.0. The topological polar surface area (TPSA) is 35.2 Å². The third-order valence-corrected chi connectivity index (χ3v) is 5.45. The molecule has 1 heterocycles. The molecule has 116 valence electrons. The van der Waals surface area contributed by atoms with Crippen LogP contribution in [0.15, 0.2) is 53.4 Å². The molecule has 2 aromatic carbocycles. The van der Waals surface area contributed by atoms with E-state index >= 15 is 0 Å². The van der Waals surface area contributed by atoms with Gasteiger partial charge in [-0.3, -0.25) is 0 Å². The van der Waals surface area contributed by atoms with Crippen molar-refractivity contribution in [2.24, 2.45) is 11.7 Å². The average molecular weight is 313 g/mol. The summed E-state index contributed by atoms with van der Waals surface area (Å²) in [5.41, 5.74) is 8.24. The second-order valence-corrected chi connectivity index (χ2v) is 7.04. The van der Waals surface area contributed by atoms with Gasteiger partial charge >= 0.3 is 0 Å². The summed E-state index contributed by atoms with van der Waals surface area (Å²) in [7, 11) is 0. The second-order valence-electron chi connectivity index (χ2n) is 5.94. The van der Waals surface area contributed by atoms with Gasteiger partial charge < -0.3 is 10.5 Å². The fraction of sp³-hybridized carbons (Fsp3) is 0.368. The number of hydrogen-bond acceptors (Lipinski definition) is 3. The van der Waals surface area contributed by atoms with Crippen LogP contribution in [0.5, 0.6) is 5.75 Å². The molecule has 3 rings (SSSR count). The molecule has 0 bridgehead atoms. The lowest BCUT2D eigenvalue weighted by molar-refractivity contribution is 0.181. The van der Waals surface area contributed by atoms with Gasteiger partial charge in [-0.2, -0.15) is 0 Å². The van der Waals surface area contributed by atoms with Crippen LogP contribution in [0, 0.1) is 5.92 Å². The normalized spacial score (nSPS) is 17.8. The van der Waals surface area contributed by atoms with Gasteiger partial charge in [0, 0.05) is 23.0 Å². The van der Waals surface area contributed by atoms with E-state index in [2.05, 4.69) is 55.5 Å². The first-order valence-electron chi connectivity index (χ1n) is 7.92. The first-order valence-corrected chi connectivity index (χ1v) is 8.91. The molecule has 2 nitrogen and oxygen atoms in total. The van der Waals surface area contributed by atoms with Crippen molar-refractivity contribution >= 4 is 11.8 Å². The van der Waals surface area contributed by atoms with E-state index in [1.165, 1.54) is 16.0 Å². The summed E-state index contributed by atoms with van der Waals surface area (Å²) in [4.78, 5) is 1.33. The molecule has 1 aliphatic heterocycles. The van der Waals surface area contributed by atoms with Gasteiger partial charge in [0.05, 0.1) is 0 Å². The third-order valence-electron chi connectivity index (χ3n) is 4.15. The minimum Gasteiger partial charge on any atom is -0.489 e. The summed E-state index contributed by atoms with van der Waals surface area (Å²) < 4.78 is 6.19. The van der Waals surface area contributed by atoms with Gasteiger partial charge in [0.2, 0.25) is 0 Å². The predicted molar refractivity (Wildman–Crippen MR) is 93.7 cm³/mol. The molecule has 0 aliphatic carbocycles. The zero-order valence-corrected chi connectivity index (χ0v) is 13.8. The summed E-state index contributed by atoms with van der Waals surface area (Å²) in [5.74, 6) is 2.67. The number of ether oxygens (including phenoxy) is 1. The first kappa shape index (κ1) is 15.4. The van der Waals surface area contributed by atoms with Crippen molar-refractivity contribution in [1.29, 1.82) is 0 Å². The predicted octanol–water partition coefficient (Wildman–Crippen LogP) is 3.92. The number of nitrogens with two attached hydrogens (primary N) is 1. The number of thioether (sulfide) groups is 1. The van der Waals surface area contributed by atoms with Crippen LogP contribution in [0.25, 0.3) is 0 Å². The van der Waals surface area contributed by atoms with Crippen LogP contribution in [0.1, 0.15) is 18.1 Å². The standard InChI is InChI=1S/C19H23NOS/c1-14(13-22-17-5-3-2-4-6-17)18-12-16-8-7-15(9-10-20)11-19(16)21-18/h2-8,11,14,18H,9-10,12-13,20H2,1H3/t14-,18+/m0/s1. The Morgan fingerprint density at radius 2 is 2.05 bits per heavy atom. The van der Waals surface area contributed by atoms with E-state index in [0.29, 0.717) is 18.6 Å². The lowest BCUT2D eigenvalue weighted by Crippen LogP contribution is -2.24. The minimum absolute atomic E-state index is 0.291. The van der Waals surface area contributed by atoms with Gasteiger partial charge in [-0.1, -0.05) is 37.3 Å². The third kappa shape index (κ3) is 3.65. The second kappa shape index (κ2) is 7.21. The number of benzene rings is 2. The molecule has 2 N–H and O–H groups in total. The molecule has 2 atom stereocenters. The van der Waals surface area contributed by atoms with E-state index in [9.17, 15) is 0 Å². The number of fused-ring (bicyclic) bond motifs is 1. The van der Waals surface area contributed by atoms with Crippen molar-refractivity contribution in [2.75, 3.05) is 12.3 Å². The lowest BCUT2D eigenvalue weighted by Gasteiger charge is -2.18. The van der Waals surface area contributed by atoms with Gasteiger partial charge in [0.25, 0.3) is 0 Å². The highest BCUT2D eigenvalue weighted by atomic mass is 32.2. The Kier molecular flexibility index (Phi) is 5.06. The fourth-order valence-electron chi connectivity index (χ4n) is 2.79. The maximum Gasteiger partial charge on any atom is 0.123 e. The van der Waals surface area contributed by atoms with Crippen LogP contribution in [0.3, 0.4) is 0 Å². The molecule has 22 heavy (non-hydrogen) atoms. The molecule has 0 radical (unpaired) electrons.